The fourth-order valence-corrected chi connectivity index (χ4v) is 2.87. The van der Waals surface area contributed by atoms with Gasteiger partial charge < -0.3 is 4.90 Å². The van der Waals surface area contributed by atoms with Gasteiger partial charge in [-0.1, -0.05) is 51.3 Å². The molecule has 0 unspecified atom stereocenters. The van der Waals surface area contributed by atoms with Gasteiger partial charge in [-0.3, -0.25) is 0 Å². The molecule has 0 atom stereocenters. The summed E-state index contributed by atoms with van der Waals surface area (Å²) in [5, 5.41) is 0. The SMILES string of the molecule is CCCCCN1CC(C)(C)c2cc(C)ccc21. The molecule has 0 spiro atoms. The van der Waals surface area contributed by atoms with Crippen molar-refractivity contribution in [3.05, 3.63) is 29.3 Å². The maximum absolute atomic E-state index is 2.57. The van der Waals surface area contributed by atoms with Gasteiger partial charge in [0, 0.05) is 24.2 Å². The van der Waals surface area contributed by atoms with Crippen LogP contribution in [0.1, 0.15) is 51.2 Å². The average molecular weight is 231 g/mol. The molecule has 0 saturated carbocycles. The molecule has 0 aromatic heterocycles. The van der Waals surface area contributed by atoms with E-state index in [9.17, 15) is 0 Å². The highest BCUT2D eigenvalue weighted by Crippen LogP contribution is 2.40. The molecule has 1 aliphatic rings. The van der Waals surface area contributed by atoms with Gasteiger partial charge in [-0.15, -0.1) is 0 Å². The smallest absolute Gasteiger partial charge is 0.0405 e. The lowest BCUT2D eigenvalue weighted by Gasteiger charge is -2.22. The van der Waals surface area contributed by atoms with Crippen LogP contribution in [-0.4, -0.2) is 13.1 Å². The molecule has 1 aromatic carbocycles. The first kappa shape index (κ1) is 12.5. The summed E-state index contributed by atoms with van der Waals surface area (Å²) in [5.74, 6) is 0. The van der Waals surface area contributed by atoms with Crippen LogP contribution in [0.4, 0.5) is 5.69 Å². The highest BCUT2D eigenvalue weighted by molar-refractivity contribution is 5.63. The minimum Gasteiger partial charge on any atom is -0.370 e. The highest BCUT2D eigenvalue weighted by Gasteiger charge is 2.34. The molecule has 0 fully saturated rings. The number of fused-ring (bicyclic) bond motifs is 1. The van der Waals surface area contributed by atoms with E-state index in [1.165, 1.54) is 49.2 Å². The second-order valence-corrected chi connectivity index (χ2v) is 6.03. The molecule has 0 radical (unpaired) electrons. The topological polar surface area (TPSA) is 3.24 Å². The van der Waals surface area contributed by atoms with Gasteiger partial charge in [-0.25, -0.2) is 0 Å². The molecular weight excluding hydrogens is 206 g/mol. The van der Waals surface area contributed by atoms with Crippen LogP contribution in [0.3, 0.4) is 0 Å². The van der Waals surface area contributed by atoms with E-state index in [1.807, 2.05) is 0 Å². The lowest BCUT2D eigenvalue weighted by Crippen LogP contribution is -2.29. The second kappa shape index (κ2) is 4.72. The van der Waals surface area contributed by atoms with Gasteiger partial charge in [0.25, 0.3) is 0 Å². The number of anilines is 1. The van der Waals surface area contributed by atoms with Crippen molar-refractivity contribution in [3.8, 4) is 0 Å². The summed E-state index contributed by atoms with van der Waals surface area (Å²) in [7, 11) is 0. The summed E-state index contributed by atoms with van der Waals surface area (Å²) < 4.78 is 0. The molecule has 0 N–H and O–H groups in total. The van der Waals surface area contributed by atoms with E-state index in [1.54, 1.807) is 0 Å². The first-order chi connectivity index (χ1) is 8.04. The van der Waals surface area contributed by atoms with Gasteiger partial charge in [0.15, 0.2) is 0 Å². The maximum atomic E-state index is 2.57. The van der Waals surface area contributed by atoms with Crippen molar-refractivity contribution < 1.29 is 0 Å². The maximum Gasteiger partial charge on any atom is 0.0405 e. The van der Waals surface area contributed by atoms with E-state index < -0.39 is 0 Å². The fraction of sp³-hybridized carbons (Fsp3) is 0.625. The standard InChI is InChI=1S/C16H25N/c1-5-6-7-10-17-12-16(3,4)14-11-13(2)8-9-15(14)17/h8-9,11H,5-7,10,12H2,1-4H3. The van der Waals surface area contributed by atoms with E-state index in [0.717, 1.165) is 0 Å². The first-order valence-electron chi connectivity index (χ1n) is 6.90. The van der Waals surface area contributed by atoms with Crippen molar-refractivity contribution in [2.75, 3.05) is 18.0 Å². The number of nitrogens with zero attached hydrogens (tertiary/aromatic N) is 1. The number of unbranched alkanes of at least 4 members (excludes halogenated alkanes) is 2. The van der Waals surface area contributed by atoms with Crippen LogP contribution in [0.5, 0.6) is 0 Å². The summed E-state index contributed by atoms with van der Waals surface area (Å²) in [5.41, 5.74) is 4.70. The third-order valence-electron chi connectivity index (χ3n) is 3.84. The minimum absolute atomic E-state index is 0.313. The molecule has 1 heteroatoms. The number of hydrogen-bond acceptors (Lipinski definition) is 1. The second-order valence-electron chi connectivity index (χ2n) is 6.03. The van der Waals surface area contributed by atoms with Gasteiger partial charge in [-0.05, 0) is 25.0 Å². The van der Waals surface area contributed by atoms with Crippen LogP contribution >= 0.6 is 0 Å². The Labute approximate surface area is 106 Å². The molecule has 94 valence electrons. The Balaban J connectivity index is 2.19. The van der Waals surface area contributed by atoms with Gasteiger partial charge in [0.2, 0.25) is 0 Å². The summed E-state index contributed by atoms with van der Waals surface area (Å²) in [6.07, 6.45) is 3.97. The van der Waals surface area contributed by atoms with Gasteiger partial charge in [0.05, 0.1) is 0 Å². The van der Waals surface area contributed by atoms with E-state index in [0.29, 0.717) is 5.41 Å². The van der Waals surface area contributed by atoms with Crippen LogP contribution < -0.4 is 4.90 Å². The third-order valence-corrected chi connectivity index (χ3v) is 3.84. The molecule has 0 bridgehead atoms. The minimum atomic E-state index is 0.313. The predicted octanol–water partition coefficient (Wildman–Crippen LogP) is 4.28. The molecule has 17 heavy (non-hydrogen) atoms. The van der Waals surface area contributed by atoms with Crippen LogP contribution in [0, 0.1) is 6.92 Å². The number of aryl methyl sites for hydroxylation is 1. The Kier molecular flexibility index (Phi) is 3.46. The van der Waals surface area contributed by atoms with E-state index in [4.69, 9.17) is 0 Å². The van der Waals surface area contributed by atoms with Crippen molar-refractivity contribution >= 4 is 5.69 Å². The van der Waals surface area contributed by atoms with Crippen LogP contribution in [-0.2, 0) is 5.41 Å². The Hall–Kier alpha value is -0.980. The largest absolute Gasteiger partial charge is 0.370 e. The van der Waals surface area contributed by atoms with Crippen LogP contribution in [0.2, 0.25) is 0 Å². The zero-order chi connectivity index (χ0) is 12.5. The van der Waals surface area contributed by atoms with E-state index in [2.05, 4.69) is 50.8 Å². The lowest BCUT2D eigenvalue weighted by molar-refractivity contribution is 0.543. The molecule has 2 rings (SSSR count). The predicted molar refractivity (Wildman–Crippen MR) is 75.9 cm³/mol. The Morgan fingerprint density at radius 2 is 2.00 bits per heavy atom. The molecule has 1 aromatic rings. The van der Waals surface area contributed by atoms with Gasteiger partial charge in [-0.2, -0.15) is 0 Å². The zero-order valence-electron chi connectivity index (χ0n) is 11.7. The van der Waals surface area contributed by atoms with Gasteiger partial charge >= 0.3 is 0 Å². The monoisotopic (exact) mass is 231 g/mol. The zero-order valence-corrected chi connectivity index (χ0v) is 11.7. The molecular formula is C16H25N. The van der Waals surface area contributed by atoms with E-state index >= 15 is 0 Å². The lowest BCUT2D eigenvalue weighted by atomic mass is 9.86. The molecule has 1 aliphatic heterocycles. The summed E-state index contributed by atoms with van der Waals surface area (Å²) >= 11 is 0. The summed E-state index contributed by atoms with van der Waals surface area (Å²) in [6.45, 7) is 11.6. The molecule has 1 nitrogen and oxygen atoms in total. The van der Waals surface area contributed by atoms with Gasteiger partial charge in [0.1, 0.15) is 0 Å². The molecule has 0 saturated heterocycles. The quantitative estimate of drug-likeness (QED) is 0.699. The van der Waals surface area contributed by atoms with Crippen molar-refractivity contribution in [2.24, 2.45) is 0 Å². The van der Waals surface area contributed by atoms with Crippen molar-refractivity contribution in [2.45, 2.75) is 52.4 Å². The van der Waals surface area contributed by atoms with Crippen molar-refractivity contribution in [1.82, 2.24) is 0 Å². The van der Waals surface area contributed by atoms with Crippen molar-refractivity contribution in [1.29, 1.82) is 0 Å². The number of rotatable bonds is 4. The molecule has 1 heterocycles. The Bertz CT molecular complexity index is 393. The number of hydrogen-bond donors (Lipinski definition) is 0. The first-order valence-corrected chi connectivity index (χ1v) is 6.90. The summed E-state index contributed by atoms with van der Waals surface area (Å²) in [6, 6.07) is 6.92. The molecule has 0 amide bonds. The van der Waals surface area contributed by atoms with Crippen LogP contribution in [0.25, 0.3) is 0 Å². The normalized spacial score (nSPS) is 17.3. The summed E-state index contributed by atoms with van der Waals surface area (Å²) in [4.78, 5) is 2.57. The van der Waals surface area contributed by atoms with Crippen LogP contribution in [0.15, 0.2) is 18.2 Å². The van der Waals surface area contributed by atoms with E-state index in [-0.39, 0.29) is 0 Å². The average Bonchev–Trinajstić information content (AvgIpc) is 2.51. The van der Waals surface area contributed by atoms with Crippen molar-refractivity contribution in [3.63, 3.8) is 0 Å². The Morgan fingerprint density at radius 3 is 2.71 bits per heavy atom. The highest BCUT2D eigenvalue weighted by atomic mass is 15.2. The molecule has 0 aliphatic carbocycles. The number of benzene rings is 1. The Morgan fingerprint density at radius 1 is 1.24 bits per heavy atom. The fourth-order valence-electron chi connectivity index (χ4n) is 2.87. The third kappa shape index (κ3) is 2.48.